The Kier molecular flexibility index (Phi) is 4.68. The lowest BCUT2D eigenvalue weighted by Crippen LogP contribution is -2.43. The quantitative estimate of drug-likeness (QED) is 0.847. The normalized spacial score (nSPS) is 16.7. The maximum atomic E-state index is 11.8. The SMILES string of the molecule is CSCc1noc(C2CCN(C(=O)N(C)C)CC2)n1. The highest BCUT2D eigenvalue weighted by molar-refractivity contribution is 7.97. The van der Waals surface area contributed by atoms with E-state index in [2.05, 4.69) is 10.1 Å². The van der Waals surface area contributed by atoms with Gasteiger partial charge in [0.05, 0.1) is 5.75 Å². The Morgan fingerprint density at radius 2 is 2.16 bits per heavy atom. The molecule has 0 aliphatic carbocycles. The van der Waals surface area contributed by atoms with Crippen LogP contribution < -0.4 is 0 Å². The second-order valence-electron chi connectivity index (χ2n) is 4.92. The van der Waals surface area contributed by atoms with Crippen molar-refractivity contribution in [1.29, 1.82) is 0 Å². The first-order valence-electron chi connectivity index (χ1n) is 6.39. The number of aromatic nitrogens is 2. The van der Waals surface area contributed by atoms with Gasteiger partial charge in [0.15, 0.2) is 5.82 Å². The number of thioether (sulfide) groups is 1. The third-order valence-corrected chi connectivity index (χ3v) is 3.80. The van der Waals surface area contributed by atoms with E-state index in [0.29, 0.717) is 0 Å². The fourth-order valence-electron chi connectivity index (χ4n) is 2.22. The fraction of sp³-hybridized carbons (Fsp3) is 0.750. The van der Waals surface area contributed by atoms with Crippen LogP contribution in [0.3, 0.4) is 0 Å². The molecule has 0 saturated carbocycles. The first-order chi connectivity index (χ1) is 9.11. The summed E-state index contributed by atoms with van der Waals surface area (Å²) in [4.78, 5) is 19.7. The topological polar surface area (TPSA) is 62.5 Å². The second kappa shape index (κ2) is 6.27. The van der Waals surface area contributed by atoms with Gasteiger partial charge in [0.25, 0.3) is 0 Å². The van der Waals surface area contributed by atoms with E-state index in [1.165, 1.54) is 0 Å². The van der Waals surface area contributed by atoms with Crippen LogP contribution in [0.25, 0.3) is 0 Å². The maximum absolute atomic E-state index is 11.8. The molecule has 0 radical (unpaired) electrons. The number of likely N-dealkylation sites (tertiary alicyclic amines) is 1. The number of hydrogen-bond donors (Lipinski definition) is 0. The molecule has 0 N–H and O–H groups in total. The zero-order valence-electron chi connectivity index (χ0n) is 11.6. The molecule has 0 atom stereocenters. The Hall–Kier alpha value is -1.24. The van der Waals surface area contributed by atoms with Gasteiger partial charge in [0, 0.05) is 33.1 Å². The second-order valence-corrected chi connectivity index (χ2v) is 5.79. The third kappa shape index (κ3) is 3.40. The summed E-state index contributed by atoms with van der Waals surface area (Å²) in [6.45, 7) is 1.50. The number of piperidine rings is 1. The molecule has 1 saturated heterocycles. The van der Waals surface area contributed by atoms with Crippen molar-refractivity contribution in [3.63, 3.8) is 0 Å². The van der Waals surface area contributed by atoms with Crippen LogP contribution >= 0.6 is 11.8 Å². The number of hydrogen-bond acceptors (Lipinski definition) is 5. The van der Waals surface area contributed by atoms with Crippen molar-refractivity contribution in [3.05, 3.63) is 11.7 Å². The molecule has 2 rings (SSSR count). The zero-order valence-corrected chi connectivity index (χ0v) is 12.4. The molecule has 7 heteroatoms. The Bertz CT molecular complexity index is 427. The van der Waals surface area contributed by atoms with Gasteiger partial charge in [0.2, 0.25) is 5.89 Å². The summed E-state index contributed by atoms with van der Waals surface area (Å²) >= 11 is 1.68. The van der Waals surface area contributed by atoms with E-state index < -0.39 is 0 Å². The molecule has 0 spiro atoms. The Labute approximate surface area is 117 Å². The summed E-state index contributed by atoms with van der Waals surface area (Å²) in [5.74, 6) is 2.55. The molecule has 19 heavy (non-hydrogen) atoms. The van der Waals surface area contributed by atoms with Crippen molar-refractivity contribution in [2.45, 2.75) is 24.5 Å². The molecule has 1 fully saturated rings. The van der Waals surface area contributed by atoms with Crippen LogP contribution in [0, 0.1) is 0 Å². The van der Waals surface area contributed by atoms with Crippen molar-refractivity contribution >= 4 is 17.8 Å². The van der Waals surface area contributed by atoms with Crippen LogP contribution in [0.15, 0.2) is 4.52 Å². The predicted molar refractivity (Wildman–Crippen MR) is 74.1 cm³/mol. The van der Waals surface area contributed by atoms with Gasteiger partial charge in [-0.05, 0) is 19.1 Å². The Morgan fingerprint density at radius 1 is 1.47 bits per heavy atom. The van der Waals surface area contributed by atoms with E-state index in [1.807, 2.05) is 11.2 Å². The molecular formula is C12H20N4O2S. The number of amides is 2. The summed E-state index contributed by atoms with van der Waals surface area (Å²) in [5, 5.41) is 3.97. The lowest BCUT2D eigenvalue weighted by Gasteiger charge is -2.32. The van der Waals surface area contributed by atoms with Crippen LogP contribution in [-0.4, -0.2) is 59.4 Å². The number of carbonyl (C=O) groups excluding carboxylic acids is 1. The first kappa shape index (κ1) is 14.2. The van der Waals surface area contributed by atoms with Crippen molar-refractivity contribution < 1.29 is 9.32 Å². The minimum atomic E-state index is 0.0760. The van der Waals surface area contributed by atoms with E-state index in [9.17, 15) is 4.79 Å². The number of carbonyl (C=O) groups is 1. The van der Waals surface area contributed by atoms with E-state index in [-0.39, 0.29) is 11.9 Å². The van der Waals surface area contributed by atoms with Gasteiger partial charge in [-0.15, -0.1) is 0 Å². The van der Waals surface area contributed by atoms with Crippen LogP contribution in [0.4, 0.5) is 4.79 Å². The summed E-state index contributed by atoms with van der Waals surface area (Å²) in [6.07, 6.45) is 3.79. The lowest BCUT2D eigenvalue weighted by molar-refractivity contribution is 0.152. The summed E-state index contributed by atoms with van der Waals surface area (Å²) in [5.41, 5.74) is 0. The zero-order chi connectivity index (χ0) is 13.8. The molecular weight excluding hydrogens is 264 g/mol. The molecule has 0 bridgehead atoms. The third-order valence-electron chi connectivity index (χ3n) is 3.25. The van der Waals surface area contributed by atoms with Gasteiger partial charge < -0.3 is 14.3 Å². The molecule has 1 aromatic heterocycles. The predicted octanol–water partition coefficient (Wildman–Crippen LogP) is 1.79. The van der Waals surface area contributed by atoms with E-state index >= 15 is 0 Å². The molecule has 1 aliphatic rings. The maximum Gasteiger partial charge on any atom is 0.319 e. The van der Waals surface area contributed by atoms with Gasteiger partial charge in [-0.3, -0.25) is 0 Å². The number of urea groups is 1. The van der Waals surface area contributed by atoms with Crippen molar-refractivity contribution in [1.82, 2.24) is 19.9 Å². The van der Waals surface area contributed by atoms with Crippen molar-refractivity contribution in [2.24, 2.45) is 0 Å². The molecule has 2 amide bonds. The Balaban J connectivity index is 1.90. The minimum absolute atomic E-state index is 0.0760. The van der Waals surface area contributed by atoms with E-state index in [4.69, 9.17) is 4.52 Å². The molecule has 0 aromatic carbocycles. The average Bonchev–Trinajstić information content (AvgIpc) is 2.87. The van der Waals surface area contributed by atoms with Gasteiger partial charge in [-0.1, -0.05) is 5.16 Å². The highest BCUT2D eigenvalue weighted by atomic mass is 32.2. The lowest BCUT2D eigenvalue weighted by atomic mass is 9.97. The minimum Gasteiger partial charge on any atom is -0.339 e. The van der Waals surface area contributed by atoms with Crippen LogP contribution in [-0.2, 0) is 5.75 Å². The van der Waals surface area contributed by atoms with E-state index in [1.54, 1.807) is 30.8 Å². The summed E-state index contributed by atoms with van der Waals surface area (Å²) in [7, 11) is 3.56. The highest BCUT2D eigenvalue weighted by Gasteiger charge is 2.27. The standard InChI is InChI=1S/C12H20N4O2S/c1-15(2)12(17)16-6-4-9(5-7-16)11-13-10(8-19-3)14-18-11/h9H,4-8H2,1-3H3. The van der Waals surface area contributed by atoms with Crippen LogP contribution in [0.1, 0.15) is 30.5 Å². The van der Waals surface area contributed by atoms with E-state index in [0.717, 1.165) is 43.4 Å². The largest absolute Gasteiger partial charge is 0.339 e. The molecule has 106 valence electrons. The van der Waals surface area contributed by atoms with Gasteiger partial charge in [-0.2, -0.15) is 16.7 Å². The smallest absolute Gasteiger partial charge is 0.319 e. The number of nitrogens with zero attached hydrogens (tertiary/aromatic N) is 4. The Morgan fingerprint density at radius 3 is 2.74 bits per heavy atom. The molecule has 1 aromatic rings. The molecule has 2 heterocycles. The highest BCUT2D eigenvalue weighted by Crippen LogP contribution is 2.27. The molecule has 6 nitrogen and oxygen atoms in total. The van der Waals surface area contributed by atoms with Gasteiger partial charge >= 0.3 is 6.03 Å². The monoisotopic (exact) mass is 284 g/mol. The molecule has 1 aliphatic heterocycles. The molecule has 0 unspecified atom stereocenters. The summed E-state index contributed by atoms with van der Waals surface area (Å²) < 4.78 is 5.31. The van der Waals surface area contributed by atoms with Crippen molar-refractivity contribution in [3.8, 4) is 0 Å². The van der Waals surface area contributed by atoms with Gasteiger partial charge in [0.1, 0.15) is 0 Å². The fourth-order valence-corrected chi connectivity index (χ4v) is 2.60. The van der Waals surface area contributed by atoms with Gasteiger partial charge in [-0.25, -0.2) is 4.79 Å². The van der Waals surface area contributed by atoms with Crippen molar-refractivity contribution in [2.75, 3.05) is 33.4 Å². The van der Waals surface area contributed by atoms with Crippen LogP contribution in [0.2, 0.25) is 0 Å². The average molecular weight is 284 g/mol. The van der Waals surface area contributed by atoms with Crippen LogP contribution in [0.5, 0.6) is 0 Å². The first-order valence-corrected chi connectivity index (χ1v) is 7.79. The summed E-state index contributed by atoms with van der Waals surface area (Å²) in [6, 6.07) is 0.0760. The number of rotatable bonds is 3.